The van der Waals surface area contributed by atoms with Gasteiger partial charge in [0, 0.05) is 6.04 Å². The lowest BCUT2D eigenvalue weighted by Crippen LogP contribution is -2.41. The fraction of sp³-hybridized carbons (Fsp3) is 0.545. The van der Waals surface area contributed by atoms with E-state index in [0.717, 1.165) is 0 Å². The molecule has 1 unspecified atom stereocenters. The van der Waals surface area contributed by atoms with Gasteiger partial charge in [0.05, 0.1) is 0 Å². The Morgan fingerprint density at radius 3 is 2.71 bits per heavy atom. The second kappa shape index (κ2) is 5.09. The molecular weight excluding hydrogens is 218 g/mol. The molecular formula is C11H17N5O. The Hall–Kier alpha value is -1.69. The number of carbonyl (C=O) groups is 1. The van der Waals surface area contributed by atoms with E-state index < -0.39 is 0 Å². The van der Waals surface area contributed by atoms with Crippen molar-refractivity contribution in [2.75, 3.05) is 5.43 Å². The zero-order valence-electron chi connectivity index (χ0n) is 9.81. The average molecular weight is 235 g/mol. The maximum absolute atomic E-state index is 11.8. The van der Waals surface area contributed by atoms with Crippen LogP contribution in [-0.2, 0) is 0 Å². The molecule has 1 aromatic rings. The largest absolute Gasteiger partial charge is 0.348 e. The fourth-order valence-electron chi connectivity index (χ4n) is 1.87. The summed E-state index contributed by atoms with van der Waals surface area (Å²) in [4.78, 5) is 11.8. The van der Waals surface area contributed by atoms with Crippen molar-refractivity contribution in [3.63, 3.8) is 0 Å². The molecule has 0 bridgehead atoms. The summed E-state index contributed by atoms with van der Waals surface area (Å²) in [6, 6.07) is 3.42. The molecule has 0 aliphatic heterocycles. The first-order valence-electron chi connectivity index (χ1n) is 5.82. The van der Waals surface area contributed by atoms with Gasteiger partial charge in [0.25, 0.3) is 5.91 Å². The molecule has 4 N–H and O–H groups in total. The Labute approximate surface area is 100.0 Å². The highest BCUT2D eigenvalue weighted by atomic mass is 16.2. The maximum atomic E-state index is 11.8. The normalized spacial score (nSPS) is 17.1. The zero-order valence-corrected chi connectivity index (χ0v) is 9.81. The number of amides is 1. The molecule has 1 fully saturated rings. The van der Waals surface area contributed by atoms with E-state index in [0.29, 0.717) is 17.4 Å². The Kier molecular flexibility index (Phi) is 3.53. The first kappa shape index (κ1) is 11.8. The summed E-state index contributed by atoms with van der Waals surface area (Å²) in [6.45, 7) is 2.03. The van der Waals surface area contributed by atoms with Crippen LogP contribution in [0.4, 0.5) is 5.82 Å². The molecule has 1 heterocycles. The molecule has 0 saturated heterocycles. The minimum absolute atomic E-state index is 0.180. The average Bonchev–Trinajstić information content (AvgIpc) is 2.26. The molecule has 1 aromatic heterocycles. The predicted octanol–water partition coefficient (Wildman–Crippen LogP) is 0.681. The van der Waals surface area contributed by atoms with E-state index in [4.69, 9.17) is 5.84 Å². The molecule has 0 spiro atoms. The molecule has 0 aromatic carbocycles. The molecule has 1 atom stereocenters. The van der Waals surface area contributed by atoms with E-state index in [1.165, 1.54) is 19.3 Å². The number of nitrogens with zero attached hydrogens (tertiary/aromatic N) is 2. The van der Waals surface area contributed by atoms with Crippen molar-refractivity contribution in [2.45, 2.75) is 32.2 Å². The molecule has 1 aliphatic rings. The van der Waals surface area contributed by atoms with Gasteiger partial charge in [0.1, 0.15) is 0 Å². The van der Waals surface area contributed by atoms with Gasteiger partial charge >= 0.3 is 0 Å². The number of nitrogens with one attached hydrogen (secondary N) is 2. The lowest BCUT2D eigenvalue weighted by Gasteiger charge is -2.31. The van der Waals surface area contributed by atoms with Crippen molar-refractivity contribution < 1.29 is 4.79 Å². The van der Waals surface area contributed by atoms with Gasteiger partial charge in [-0.1, -0.05) is 6.42 Å². The van der Waals surface area contributed by atoms with Gasteiger partial charge in [-0.15, -0.1) is 10.2 Å². The third-order valence-corrected chi connectivity index (χ3v) is 3.26. The summed E-state index contributed by atoms with van der Waals surface area (Å²) in [7, 11) is 0. The van der Waals surface area contributed by atoms with Gasteiger partial charge in [0.2, 0.25) is 0 Å². The van der Waals surface area contributed by atoms with Gasteiger partial charge in [0.15, 0.2) is 11.5 Å². The van der Waals surface area contributed by atoms with E-state index in [1.807, 2.05) is 6.92 Å². The molecule has 2 rings (SSSR count). The highest BCUT2D eigenvalue weighted by Gasteiger charge is 2.25. The van der Waals surface area contributed by atoms with E-state index in [-0.39, 0.29) is 11.9 Å². The Balaban J connectivity index is 1.93. The highest BCUT2D eigenvalue weighted by Crippen LogP contribution is 2.29. The van der Waals surface area contributed by atoms with Crippen molar-refractivity contribution in [1.29, 1.82) is 0 Å². The van der Waals surface area contributed by atoms with Gasteiger partial charge in [-0.2, -0.15) is 0 Å². The quantitative estimate of drug-likeness (QED) is 0.527. The lowest BCUT2D eigenvalue weighted by atomic mass is 9.80. The van der Waals surface area contributed by atoms with Crippen molar-refractivity contribution in [1.82, 2.24) is 15.5 Å². The number of hydrogen-bond acceptors (Lipinski definition) is 5. The van der Waals surface area contributed by atoms with Crippen LogP contribution in [0, 0.1) is 5.92 Å². The van der Waals surface area contributed by atoms with E-state index in [9.17, 15) is 4.79 Å². The Morgan fingerprint density at radius 2 is 2.24 bits per heavy atom. The number of nitrogen functional groups attached to an aromatic ring is 1. The van der Waals surface area contributed by atoms with Crippen LogP contribution < -0.4 is 16.6 Å². The van der Waals surface area contributed by atoms with Gasteiger partial charge < -0.3 is 10.7 Å². The summed E-state index contributed by atoms with van der Waals surface area (Å²) in [6.07, 6.45) is 3.66. The maximum Gasteiger partial charge on any atom is 0.272 e. The third-order valence-electron chi connectivity index (χ3n) is 3.26. The number of anilines is 1. The van der Waals surface area contributed by atoms with Crippen LogP contribution in [0.15, 0.2) is 12.1 Å². The van der Waals surface area contributed by atoms with E-state index >= 15 is 0 Å². The molecule has 0 radical (unpaired) electrons. The summed E-state index contributed by atoms with van der Waals surface area (Å²) in [5.41, 5.74) is 2.68. The van der Waals surface area contributed by atoms with Gasteiger partial charge in [-0.25, -0.2) is 5.84 Å². The molecule has 92 valence electrons. The summed E-state index contributed by atoms with van der Waals surface area (Å²) >= 11 is 0. The molecule has 1 amide bonds. The van der Waals surface area contributed by atoms with Crippen molar-refractivity contribution >= 4 is 11.7 Å². The van der Waals surface area contributed by atoms with E-state index in [1.54, 1.807) is 12.1 Å². The predicted molar refractivity (Wildman–Crippen MR) is 64.1 cm³/mol. The van der Waals surface area contributed by atoms with Crippen molar-refractivity contribution in [3.8, 4) is 0 Å². The molecule has 1 saturated carbocycles. The van der Waals surface area contributed by atoms with E-state index in [2.05, 4.69) is 20.9 Å². The first-order chi connectivity index (χ1) is 8.20. The second-order valence-electron chi connectivity index (χ2n) is 4.40. The number of hydrazine groups is 1. The lowest BCUT2D eigenvalue weighted by molar-refractivity contribution is 0.0903. The fourth-order valence-corrected chi connectivity index (χ4v) is 1.87. The third kappa shape index (κ3) is 2.71. The summed E-state index contributed by atoms with van der Waals surface area (Å²) in [5.74, 6) is 6.04. The van der Waals surface area contributed by atoms with Crippen LogP contribution in [0.2, 0.25) is 0 Å². The standard InChI is InChI=1S/C11H17N5O/c1-7(8-3-2-4-8)13-11(17)9-5-6-10(14-12)16-15-9/h5-8H,2-4,12H2,1H3,(H,13,17)(H,14,16). The highest BCUT2D eigenvalue weighted by molar-refractivity contribution is 5.92. The molecule has 17 heavy (non-hydrogen) atoms. The Morgan fingerprint density at radius 1 is 1.47 bits per heavy atom. The van der Waals surface area contributed by atoms with Crippen LogP contribution in [0.5, 0.6) is 0 Å². The number of nitrogens with two attached hydrogens (primary N) is 1. The Bertz CT molecular complexity index is 387. The minimum Gasteiger partial charge on any atom is -0.348 e. The second-order valence-corrected chi connectivity index (χ2v) is 4.40. The van der Waals surface area contributed by atoms with Gasteiger partial charge in [-0.3, -0.25) is 4.79 Å². The number of hydrogen-bond donors (Lipinski definition) is 3. The van der Waals surface area contributed by atoms with Crippen molar-refractivity contribution in [3.05, 3.63) is 17.8 Å². The van der Waals surface area contributed by atoms with Crippen LogP contribution in [0.1, 0.15) is 36.7 Å². The summed E-state index contributed by atoms with van der Waals surface area (Å²) in [5, 5.41) is 10.5. The topological polar surface area (TPSA) is 92.9 Å². The first-order valence-corrected chi connectivity index (χ1v) is 5.82. The van der Waals surface area contributed by atoms with Crippen LogP contribution >= 0.6 is 0 Å². The minimum atomic E-state index is -0.180. The number of carbonyl (C=O) groups excluding carboxylic acids is 1. The van der Waals surface area contributed by atoms with Crippen molar-refractivity contribution in [2.24, 2.45) is 11.8 Å². The smallest absolute Gasteiger partial charge is 0.272 e. The zero-order chi connectivity index (χ0) is 12.3. The van der Waals surface area contributed by atoms with Crippen LogP contribution in [-0.4, -0.2) is 22.1 Å². The molecule has 6 nitrogen and oxygen atoms in total. The molecule has 6 heteroatoms. The van der Waals surface area contributed by atoms with Crippen LogP contribution in [0.25, 0.3) is 0 Å². The molecule has 1 aliphatic carbocycles. The summed E-state index contributed by atoms with van der Waals surface area (Å²) < 4.78 is 0. The van der Waals surface area contributed by atoms with Gasteiger partial charge in [-0.05, 0) is 37.8 Å². The number of aromatic nitrogens is 2. The SMILES string of the molecule is CC(NC(=O)c1ccc(NN)nn1)C1CCC1. The van der Waals surface area contributed by atoms with Crippen LogP contribution in [0.3, 0.4) is 0 Å². The number of rotatable bonds is 4. The monoisotopic (exact) mass is 235 g/mol.